The summed E-state index contributed by atoms with van der Waals surface area (Å²) in [7, 11) is 0. The molecule has 8 atom stereocenters. The van der Waals surface area contributed by atoms with Gasteiger partial charge in [-0.2, -0.15) is 0 Å². The first-order valence-electron chi connectivity index (χ1n) is 23.2. The Labute approximate surface area is 336 Å². The zero-order valence-corrected chi connectivity index (χ0v) is 34.5. The molecule has 0 N–H and O–H groups in total. The fourth-order valence-corrected chi connectivity index (χ4v) is 14.1. The first-order chi connectivity index (χ1) is 27.3. The fraction of sp³-hybridized carbons (Fsp3) is 0.615. The number of alkyl halides is 1. The van der Waals surface area contributed by atoms with Gasteiger partial charge in [0.2, 0.25) is 0 Å². The Kier molecular flexibility index (Phi) is 8.75. The van der Waals surface area contributed by atoms with Crippen molar-refractivity contribution in [3.05, 3.63) is 117 Å². The number of nitrogens with zero attached hydrogens (tertiary/aromatic N) is 2. The van der Waals surface area contributed by atoms with E-state index in [0.717, 1.165) is 70.6 Å². The molecule has 1 fully saturated rings. The highest BCUT2D eigenvalue weighted by molar-refractivity contribution is 5.55. The summed E-state index contributed by atoms with van der Waals surface area (Å²) in [5.41, 5.74) is 13.2. The lowest BCUT2D eigenvalue weighted by molar-refractivity contribution is 0.0722. The molecule has 0 bridgehead atoms. The van der Waals surface area contributed by atoms with Gasteiger partial charge in [0.05, 0.1) is 5.92 Å². The molecule has 1 saturated carbocycles. The number of hydrogen-bond acceptors (Lipinski definition) is 3. The van der Waals surface area contributed by atoms with Gasteiger partial charge < -0.3 is 14.5 Å². The summed E-state index contributed by atoms with van der Waals surface area (Å²) in [6, 6.07) is 1.97. The second-order valence-corrected chi connectivity index (χ2v) is 20.3. The van der Waals surface area contributed by atoms with Crippen LogP contribution in [0.15, 0.2) is 117 Å². The molecule has 2 aliphatic heterocycles. The summed E-state index contributed by atoms with van der Waals surface area (Å²) in [6.45, 7) is 7.63. The van der Waals surface area contributed by atoms with Gasteiger partial charge in [0.15, 0.2) is 0 Å². The largest absolute Gasteiger partial charge is 0.493 e. The molecule has 0 spiro atoms. The van der Waals surface area contributed by atoms with Gasteiger partial charge in [-0.05, 0) is 143 Å². The zero-order valence-electron chi connectivity index (χ0n) is 34.5. The third-order valence-electron chi connectivity index (χ3n) is 17.0. The highest BCUT2D eigenvalue weighted by atomic mass is 19.1. The number of rotatable bonds is 5. The van der Waals surface area contributed by atoms with Crippen molar-refractivity contribution in [3.63, 3.8) is 0 Å². The van der Waals surface area contributed by atoms with E-state index in [1.807, 2.05) is 0 Å². The number of fused-ring (bicyclic) bond motifs is 6. The molecule has 3 nitrogen and oxygen atoms in total. The van der Waals surface area contributed by atoms with Crippen LogP contribution in [0, 0.1) is 28.6 Å². The van der Waals surface area contributed by atoms with Crippen LogP contribution in [-0.4, -0.2) is 46.2 Å². The van der Waals surface area contributed by atoms with Crippen LogP contribution < -0.4 is 0 Å². The van der Waals surface area contributed by atoms with Gasteiger partial charge >= 0.3 is 0 Å². The molecule has 0 aromatic rings. The molecule has 0 radical (unpaired) electrons. The van der Waals surface area contributed by atoms with E-state index in [0.29, 0.717) is 41.9 Å². The van der Waals surface area contributed by atoms with Crippen LogP contribution in [0.3, 0.4) is 0 Å². The smallest absolute Gasteiger partial charge is 0.111 e. The van der Waals surface area contributed by atoms with Crippen LogP contribution >= 0.6 is 0 Å². The van der Waals surface area contributed by atoms with Gasteiger partial charge in [-0.15, -0.1) is 0 Å². The highest BCUT2D eigenvalue weighted by Gasteiger charge is 2.51. The van der Waals surface area contributed by atoms with Crippen LogP contribution in [-0.2, 0) is 4.74 Å². The molecule has 0 amide bonds. The molecule has 4 heteroatoms. The van der Waals surface area contributed by atoms with Crippen molar-refractivity contribution in [1.82, 2.24) is 9.80 Å². The van der Waals surface area contributed by atoms with E-state index in [4.69, 9.17) is 4.74 Å². The molecule has 0 aromatic carbocycles. The van der Waals surface area contributed by atoms with Crippen molar-refractivity contribution in [2.45, 2.75) is 173 Å². The minimum absolute atomic E-state index is 0.0934. The van der Waals surface area contributed by atoms with Crippen LogP contribution in [0.4, 0.5) is 4.39 Å². The average molecular weight is 753 g/mol. The minimum Gasteiger partial charge on any atom is -0.493 e. The van der Waals surface area contributed by atoms with Crippen LogP contribution in [0.5, 0.6) is 0 Å². The van der Waals surface area contributed by atoms with E-state index in [2.05, 4.69) is 97.4 Å². The number of allylic oxidation sites excluding steroid dienone is 14. The first-order valence-corrected chi connectivity index (χ1v) is 23.2. The van der Waals surface area contributed by atoms with Crippen molar-refractivity contribution < 1.29 is 9.13 Å². The van der Waals surface area contributed by atoms with Gasteiger partial charge in [-0.3, -0.25) is 0 Å². The van der Waals surface area contributed by atoms with Gasteiger partial charge in [0.25, 0.3) is 0 Å². The third-order valence-corrected chi connectivity index (χ3v) is 17.0. The van der Waals surface area contributed by atoms with Gasteiger partial charge in [0.1, 0.15) is 18.0 Å². The fourth-order valence-electron chi connectivity index (χ4n) is 14.1. The van der Waals surface area contributed by atoms with Crippen molar-refractivity contribution >= 4 is 0 Å². The molecule has 11 rings (SSSR count). The summed E-state index contributed by atoms with van der Waals surface area (Å²) >= 11 is 0. The summed E-state index contributed by atoms with van der Waals surface area (Å²) in [4.78, 5) is 5.83. The molecular formula is C52H65FN2O. The lowest BCUT2D eigenvalue weighted by Crippen LogP contribution is -2.49. The monoisotopic (exact) mass is 753 g/mol. The number of hydrogen-bond donors (Lipinski definition) is 0. The van der Waals surface area contributed by atoms with E-state index in [9.17, 15) is 4.39 Å². The Balaban J connectivity index is 0.907. The maximum absolute atomic E-state index is 14.3. The second-order valence-electron chi connectivity index (χ2n) is 20.3. The standard InChI is InChI=1S/C52H65FN2O/c1-51(2)43-14-7-4-11-38(43)39-25-24-37(32-44(39)51)54(47-16-10-18-49-50(47)41-13-6-9-17-48(41)56-49)36-27-29-52(3,30-28-36)33-19-26-46-42(31-33)40-12-5-8-15-45(40)55(46)35-22-20-34(53)21-23-35/h5-7,12-14,16,25,27,29,31,34-37,42,44,46,49-50H,4,8-11,15,17-24,26,28,30,32H2,1-3H3. The normalized spacial score (nSPS) is 40.6. The van der Waals surface area contributed by atoms with Crippen molar-refractivity contribution in [3.8, 4) is 0 Å². The van der Waals surface area contributed by atoms with Gasteiger partial charge in [0, 0.05) is 58.9 Å². The average Bonchev–Trinajstić information content (AvgIpc) is 3.85. The zero-order chi connectivity index (χ0) is 37.8. The van der Waals surface area contributed by atoms with Gasteiger partial charge in [-0.1, -0.05) is 93.2 Å². The molecule has 296 valence electrons. The molecule has 11 aliphatic rings. The Bertz CT molecular complexity index is 1970. The number of halogens is 1. The predicted octanol–water partition coefficient (Wildman–Crippen LogP) is 12.6. The van der Waals surface area contributed by atoms with Crippen molar-refractivity contribution in [2.75, 3.05) is 0 Å². The molecular weight excluding hydrogens is 688 g/mol. The van der Waals surface area contributed by atoms with Crippen LogP contribution in [0.1, 0.15) is 136 Å². The quantitative estimate of drug-likeness (QED) is 0.260. The Morgan fingerprint density at radius 3 is 2.46 bits per heavy atom. The van der Waals surface area contributed by atoms with E-state index in [1.165, 1.54) is 56.3 Å². The van der Waals surface area contributed by atoms with Gasteiger partial charge in [-0.25, -0.2) is 4.39 Å². The lowest BCUT2D eigenvalue weighted by atomic mass is 9.67. The molecule has 0 saturated heterocycles. The van der Waals surface area contributed by atoms with Crippen LogP contribution in [0.2, 0.25) is 0 Å². The molecule has 2 heterocycles. The Hall–Kier alpha value is -3.27. The summed E-state index contributed by atoms with van der Waals surface area (Å²) < 4.78 is 21.1. The maximum atomic E-state index is 14.3. The summed E-state index contributed by atoms with van der Waals surface area (Å²) in [5, 5.41) is 0. The second kappa shape index (κ2) is 13.7. The maximum Gasteiger partial charge on any atom is 0.111 e. The lowest BCUT2D eigenvalue weighted by Gasteiger charge is -2.50. The SMILES string of the molecule is CC1(C2=CC3C4=C(CCC=C4)N(C4CCC(F)CC4)C3CC2)C=CC(N(C2=CCCC3OC4=C(C=CCC4)C23)C2CC=C3C4=C(C=CCC4)C(C)(C)C3C2)CC1. The Morgan fingerprint density at radius 1 is 0.821 bits per heavy atom. The number of ether oxygens (including phenoxy) is 1. The molecule has 8 unspecified atom stereocenters. The summed E-state index contributed by atoms with van der Waals surface area (Å²) in [5.74, 6) is 2.72. The van der Waals surface area contributed by atoms with E-state index < -0.39 is 6.17 Å². The molecule has 9 aliphatic carbocycles. The van der Waals surface area contributed by atoms with Crippen LogP contribution in [0.25, 0.3) is 0 Å². The predicted molar refractivity (Wildman–Crippen MR) is 226 cm³/mol. The summed E-state index contributed by atoms with van der Waals surface area (Å²) in [6.07, 6.45) is 47.6. The molecule has 56 heavy (non-hydrogen) atoms. The topological polar surface area (TPSA) is 15.7 Å². The first kappa shape index (κ1) is 35.9. The van der Waals surface area contributed by atoms with Crippen molar-refractivity contribution in [2.24, 2.45) is 28.6 Å². The molecule has 0 aromatic heterocycles. The van der Waals surface area contributed by atoms with E-state index >= 15 is 0 Å². The Morgan fingerprint density at radius 2 is 1.62 bits per heavy atom. The van der Waals surface area contributed by atoms with E-state index in [1.54, 1.807) is 39.3 Å². The van der Waals surface area contributed by atoms with Crippen molar-refractivity contribution in [1.29, 1.82) is 0 Å². The van der Waals surface area contributed by atoms with E-state index in [-0.39, 0.29) is 16.9 Å². The highest BCUT2D eigenvalue weighted by Crippen LogP contribution is 2.59. The minimum atomic E-state index is -0.595. The third kappa shape index (κ3) is 5.60.